The van der Waals surface area contributed by atoms with Gasteiger partial charge in [-0.15, -0.1) is 0 Å². The van der Waals surface area contributed by atoms with Gasteiger partial charge in [0.15, 0.2) is 5.82 Å². The lowest BCUT2D eigenvalue weighted by molar-refractivity contribution is -0.137. The number of hydrogen-bond acceptors (Lipinski definition) is 5. The molecule has 3 rings (SSSR count). The molecule has 0 aliphatic carbocycles. The molecule has 0 radical (unpaired) electrons. The van der Waals surface area contributed by atoms with E-state index in [2.05, 4.69) is 15.3 Å². The summed E-state index contributed by atoms with van der Waals surface area (Å²) in [5.41, 5.74) is 1.29. The zero-order chi connectivity index (χ0) is 21.7. The quantitative estimate of drug-likeness (QED) is 0.504. The van der Waals surface area contributed by atoms with Crippen molar-refractivity contribution in [3.8, 4) is 5.75 Å². The number of para-hydroxylation sites is 1. The molecule has 3 aromatic rings. The fourth-order valence-electron chi connectivity index (χ4n) is 2.83. The van der Waals surface area contributed by atoms with Gasteiger partial charge < -0.3 is 15.0 Å². The minimum absolute atomic E-state index is 0.0852. The van der Waals surface area contributed by atoms with Gasteiger partial charge in [-0.3, -0.25) is 0 Å². The Morgan fingerprint density at radius 1 is 1.07 bits per heavy atom. The Morgan fingerprint density at radius 3 is 2.40 bits per heavy atom. The van der Waals surface area contributed by atoms with Crippen LogP contribution in [0.3, 0.4) is 0 Å². The van der Waals surface area contributed by atoms with E-state index in [1.54, 1.807) is 24.3 Å². The Bertz CT molecular complexity index is 990. The molecule has 2 aromatic carbocycles. The summed E-state index contributed by atoms with van der Waals surface area (Å²) >= 11 is 0. The van der Waals surface area contributed by atoms with Crippen molar-refractivity contribution in [3.63, 3.8) is 0 Å². The average molecular weight is 416 g/mol. The smallest absolute Gasteiger partial charge is 0.421 e. The Hall–Kier alpha value is -3.29. The van der Waals surface area contributed by atoms with Crippen molar-refractivity contribution in [1.82, 2.24) is 9.97 Å². The fourth-order valence-corrected chi connectivity index (χ4v) is 2.83. The van der Waals surface area contributed by atoms with Gasteiger partial charge in [0.25, 0.3) is 0 Å². The highest BCUT2D eigenvalue weighted by molar-refractivity contribution is 5.66. The topological polar surface area (TPSA) is 50.3 Å². The average Bonchev–Trinajstić information content (AvgIpc) is 2.73. The molecule has 0 saturated carbocycles. The Morgan fingerprint density at radius 2 is 1.77 bits per heavy atom. The number of aryl methyl sites for hydroxylation is 1. The predicted octanol–water partition coefficient (Wildman–Crippen LogP) is 6.10. The molecule has 0 atom stereocenters. The van der Waals surface area contributed by atoms with E-state index in [1.807, 2.05) is 38.1 Å². The van der Waals surface area contributed by atoms with E-state index < -0.39 is 11.7 Å². The van der Waals surface area contributed by atoms with Gasteiger partial charge in [0.2, 0.25) is 5.95 Å². The molecule has 0 aliphatic rings. The van der Waals surface area contributed by atoms with Crippen molar-refractivity contribution in [2.24, 2.45) is 0 Å². The van der Waals surface area contributed by atoms with Crippen molar-refractivity contribution < 1.29 is 17.9 Å². The maximum Gasteiger partial charge on any atom is 0.421 e. The van der Waals surface area contributed by atoms with Crippen LogP contribution >= 0.6 is 0 Å². The van der Waals surface area contributed by atoms with Crippen LogP contribution in [-0.4, -0.2) is 23.6 Å². The van der Waals surface area contributed by atoms with E-state index in [9.17, 15) is 13.2 Å². The van der Waals surface area contributed by atoms with E-state index in [0.717, 1.165) is 23.9 Å². The maximum atomic E-state index is 13.6. The number of ether oxygens (including phenoxy) is 1. The zero-order valence-electron chi connectivity index (χ0n) is 17.0. The molecular weight excluding hydrogens is 393 g/mol. The molecule has 8 heteroatoms. The molecule has 0 saturated heterocycles. The predicted molar refractivity (Wildman–Crippen MR) is 112 cm³/mol. The summed E-state index contributed by atoms with van der Waals surface area (Å²) in [6, 6.07) is 14.3. The van der Waals surface area contributed by atoms with E-state index in [0.29, 0.717) is 18.0 Å². The summed E-state index contributed by atoms with van der Waals surface area (Å²) in [6.07, 6.45) is -2.92. The lowest BCUT2D eigenvalue weighted by atomic mass is 10.2. The first kappa shape index (κ1) is 21.4. The summed E-state index contributed by atoms with van der Waals surface area (Å²) in [7, 11) is 1.54. The van der Waals surface area contributed by atoms with Gasteiger partial charge in [-0.05, 0) is 49.2 Å². The highest BCUT2D eigenvalue weighted by Crippen LogP contribution is 2.38. The van der Waals surface area contributed by atoms with Crippen molar-refractivity contribution in [2.75, 3.05) is 23.9 Å². The third kappa shape index (κ3) is 5.00. The molecule has 0 bridgehead atoms. The van der Waals surface area contributed by atoms with Crippen LogP contribution in [0.4, 0.5) is 36.3 Å². The van der Waals surface area contributed by atoms with Crippen LogP contribution in [0, 0.1) is 6.92 Å². The fraction of sp³-hybridized carbons (Fsp3) is 0.273. The van der Waals surface area contributed by atoms with Crippen molar-refractivity contribution in [2.45, 2.75) is 26.4 Å². The van der Waals surface area contributed by atoms with Crippen LogP contribution in [0.2, 0.25) is 0 Å². The lowest BCUT2D eigenvalue weighted by Gasteiger charge is -2.23. The summed E-state index contributed by atoms with van der Waals surface area (Å²) in [5.74, 6) is 0.507. The Kier molecular flexibility index (Phi) is 6.44. The summed E-state index contributed by atoms with van der Waals surface area (Å²) in [5, 5.41) is 2.99. The Labute approximate surface area is 173 Å². The largest absolute Gasteiger partial charge is 0.494 e. The van der Waals surface area contributed by atoms with E-state index >= 15 is 0 Å². The Balaban J connectivity index is 1.95. The molecule has 0 amide bonds. The molecule has 0 spiro atoms. The monoisotopic (exact) mass is 416 g/mol. The number of nitrogens with one attached hydrogen (secondary N) is 1. The minimum atomic E-state index is -4.59. The molecule has 0 unspecified atom stereocenters. The molecule has 30 heavy (non-hydrogen) atoms. The summed E-state index contributed by atoms with van der Waals surface area (Å²) in [6.45, 7) is 4.47. The first-order chi connectivity index (χ1) is 14.3. The summed E-state index contributed by atoms with van der Waals surface area (Å²) < 4.78 is 46.3. The number of alkyl halides is 3. The molecule has 158 valence electrons. The third-order valence-corrected chi connectivity index (χ3v) is 4.48. The van der Waals surface area contributed by atoms with Gasteiger partial charge in [0, 0.05) is 24.6 Å². The first-order valence-electron chi connectivity index (χ1n) is 9.53. The van der Waals surface area contributed by atoms with Crippen LogP contribution in [0.1, 0.15) is 24.5 Å². The second kappa shape index (κ2) is 9.02. The van der Waals surface area contributed by atoms with Crippen LogP contribution in [0.15, 0.2) is 54.7 Å². The molecular formula is C22H23F3N4O. The van der Waals surface area contributed by atoms with Gasteiger partial charge in [0.05, 0.1) is 6.61 Å². The number of aromatic nitrogens is 2. The van der Waals surface area contributed by atoms with Crippen LogP contribution < -0.4 is 15.0 Å². The highest BCUT2D eigenvalue weighted by atomic mass is 19.4. The van der Waals surface area contributed by atoms with Gasteiger partial charge in [-0.25, -0.2) is 4.98 Å². The van der Waals surface area contributed by atoms with E-state index in [1.165, 1.54) is 11.9 Å². The van der Waals surface area contributed by atoms with Crippen LogP contribution in [-0.2, 0) is 6.18 Å². The van der Waals surface area contributed by atoms with Crippen molar-refractivity contribution in [3.05, 3.63) is 65.9 Å². The molecule has 1 N–H and O–H groups in total. The molecule has 5 nitrogen and oxygen atoms in total. The second-order valence-corrected chi connectivity index (χ2v) is 6.77. The second-order valence-electron chi connectivity index (χ2n) is 6.77. The normalized spacial score (nSPS) is 11.3. The van der Waals surface area contributed by atoms with Crippen LogP contribution in [0.25, 0.3) is 0 Å². The van der Waals surface area contributed by atoms with Gasteiger partial charge >= 0.3 is 6.18 Å². The minimum Gasteiger partial charge on any atom is -0.494 e. The van der Waals surface area contributed by atoms with Gasteiger partial charge in [-0.2, -0.15) is 18.2 Å². The summed E-state index contributed by atoms with van der Waals surface area (Å²) in [4.78, 5) is 9.44. The van der Waals surface area contributed by atoms with Crippen molar-refractivity contribution >= 4 is 23.1 Å². The molecule has 0 fully saturated rings. The SMILES string of the molecule is CCCOc1ccc(N(C)c2nc(Nc3ccccc3C)ncc2C(F)(F)F)cc1. The number of rotatable bonds is 7. The number of benzene rings is 2. The number of nitrogens with zero attached hydrogens (tertiary/aromatic N) is 3. The number of anilines is 4. The molecule has 0 aliphatic heterocycles. The van der Waals surface area contributed by atoms with E-state index in [4.69, 9.17) is 4.74 Å². The number of halogens is 3. The number of hydrogen-bond donors (Lipinski definition) is 1. The van der Waals surface area contributed by atoms with Gasteiger partial charge in [0.1, 0.15) is 11.3 Å². The first-order valence-corrected chi connectivity index (χ1v) is 9.53. The van der Waals surface area contributed by atoms with E-state index in [-0.39, 0.29) is 11.8 Å². The maximum absolute atomic E-state index is 13.6. The third-order valence-electron chi connectivity index (χ3n) is 4.48. The standard InChI is InChI=1S/C22H23F3N4O/c1-4-13-30-17-11-9-16(10-12-17)29(3)20-18(22(23,24)25)14-26-21(28-20)27-19-8-6-5-7-15(19)2/h5-12,14H,4,13H2,1-3H3,(H,26,27,28). The van der Waals surface area contributed by atoms with Gasteiger partial charge in [-0.1, -0.05) is 25.1 Å². The zero-order valence-corrected chi connectivity index (χ0v) is 17.0. The molecule has 1 heterocycles. The molecule has 1 aromatic heterocycles. The highest BCUT2D eigenvalue weighted by Gasteiger charge is 2.36. The lowest BCUT2D eigenvalue weighted by Crippen LogP contribution is -2.19. The van der Waals surface area contributed by atoms with Crippen LogP contribution in [0.5, 0.6) is 5.75 Å². The van der Waals surface area contributed by atoms with Crippen molar-refractivity contribution in [1.29, 1.82) is 0 Å².